The molecule has 0 amide bonds. The average molecular weight is 325 g/mol. The minimum absolute atomic E-state index is 0.404. The lowest BCUT2D eigenvalue weighted by Crippen LogP contribution is -2.11. The van der Waals surface area contributed by atoms with Gasteiger partial charge in [0.15, 0.2) is 5.82 Å². The van der Waals surface area contributed by atoms with Gasteiger partial charge in [-0.3, -0.25) is 4.68 Å². The third kappa shape index (κ3) is 3.78. The van der Waals surface area contributed by atoms with E-state index in [9.17, 15) is 0 Å². The zero-order valence-electron chi connectivity index (χ0n) is 11.1. The fraction of sp³-hybridized carbons (Fsp3) is 0.385. The van der Waals surface area contributed by atoms with Crippen molar-refractivity contribution in [3.05, 3.63) is 40.4 Å². The molecule has 1 aromatic carbocycles. The maximum absolute atomic E-state index is 5.73. The molecule has 0 aliphatic carbocycles. The Morgan fingerprint density at radius 1 is 1.42 bits per heavy atom. The highest BCUT2D eigenvalue weighted by Gasteiger charge is 2.05. The first-order valence-electron chi connectivity index (χ1n) is 6.15. The molecule has 0 saturated carbocycles. The van der Waals surface area contributed by atoms with Crippen LogP contribution in [-0.2, 0) is 20.2 Å². The van der Waals surface area contributed by atoms with Crippen LogP contribution in [0.4, 0.5) is 0 Å². The summed E-state index contributed by atoms with van der Waals surface area (Å²) in [7, 11) is 1.85. The molecular formula is C13H17BrN4O. The zero-order valence-corrected chi connectivity index (χ0v) is 12.6. The Bertz CT molecular complexity index is 541. The van der Waals surface area contributed by atoms with Crippen LogP contribution in [0, 0.1) is 0 Å². The van der Waals surface area contributed by atoms with Crippen LogP contribution in [0.15, 0.2) is 29.0 Å². The molecule has 0 bridgehead atoms. The monoisotopic (exact) mass is 324 g/mol. The number of hydrogen-bond acceptors (Lipinski definition) is 4. The van der Waals surface area contributed by atoms with Crippen molar-refractivity contribution in [1.29, 1.82) is 0 Å². The lowest BCUT2D eigenvalue weighted by molar-refractivity contribution is 0.288. The van der Waals surface area contributed by atoms with E-state index in [0.29, 0.717) is 6.61 Å². The van der Waals surface area contributed by atoms with Crippen molar-refractivity contribution in [2.24, 2.45) is 7.05 Å². The third-order valence-electron chi connectivity index (χ3n) is 2.74. The quantitative estimate of drug-likeness (QED) is 0.885. The molecule has 1 aromatic heterocycles. The van der Waals surface area contributed by atoms with Crippen molar-refractivity contribution in [1.82, 2.24) is 20.1 Å². The molecule has 6 heteroatoms. The number of benzene rings is 1. The van der Waals surface area contributed by atoms with Gasteiger partial charge in [0.25, 0.3) is 0 Å². The second kappa shape index (κ2) is 6.68. The maximum atomic E-state index is 5.73. The fourth-order valence-electron chi connectivity index (χ4n) is 1.63. The molecule has 1 N–H and O–H groups in total. The number of nitrogens with one attached hydrogen (secondary N) is 1. The van der Waals surface area contributed by atoms with Crippen molar-refractivity contribution < 1.29 is 4.74 Å². The zero-order chi connectivity index (χ0) is 13.7. The van der Waals surface area contributed by atoms with Crippen molar-refractivity contribution in [2.75, 3.05) is 6.54 Å². The number of aryl methyl sites for hydroxylation is 1. The molecule has 2 aromatic rings. The fourth-order valence-corrected chi connectivity index (χ4v) is 2.17. The highest BCUT2D eigenvalue weighted by atomic mass is 79.9. The highest BCUT2D eigenvalue weighted by molar-refractivity contribution is 9.10. The van der Waals surface area contributed by atoms with Gasteiger partial charge in [0.1, 0.15) is 18.7 Å². The summed E-state index contributed by atoms with van der Waals surface area (Å²) in [6, 6.07) is 6.08. The molecule has 19 heavy (non-hydrogen) atoms. The van der Waals surface area contributed by atoms with Crippen molar-refractivity contribution in [2.45, 2.75) is 20.1 Å². The summed E-state index contributed by atoms with van der Waals surface area (Å²) < 4.78 is 8.38. The molecule has 0 aliphatic heterocycles. The van der Waals surface area contributed by atoms with E-state index in [1.165, 1.54) is 11.9 Å². The summed E-state index contributed by atoms with van der Waals surface area (Å²) in [5.41, 5.74) is 1.22. The summed E-state index contributed by atoms with van der Waals surface area (Å²) in [5.74, 6) is 1.60. The predicted molar refractivity (Wildman–Crippen MR) is 76.9 cm³/mol. The van der Waals surface area contributed by atoms with Crippen LogP contribution in [-0.4, -0.2) is 21.3 Å². The Balaban J connectivity index is 1.99. The van der Waals surface area contributed by atoms with E-state index in [1.54, 1.807) is 4.68 Å². The van der Waals surface area contributed by atoms with Crippen molar-refractivity contribution in [3.63, 3.8) is 0 Å². The molecule has 5 nitrogen and oxygen atoms in total. The molecule has 0 spiro atoms. The van der Waals surface area contributed by atoms with Crippen LogP contribution >= 0.6 is 15.9 Å². The molecule has 0 radical (unpaired) electrons. The van der Waals surface area contributed by atoms with E-state index >= 15 is 0 Å². The minimum Gasteiger partial charge on any atom is -0.484 e. The second-order valence-electron chi connectivity index (χ2n) is 4.13. The SMILES string of the molecule is CCNCc1ccc(OCc2ncnn2C)c(Br)c1. The number of aromatic nitrogens is 3. The molecule has 0 saturated heterocycles. The summed E-state index contributed by atoms with van der Waals surface area (Å²) in [5, 5.41) is 7.29. The molecule has 0 atom stereocenters. The first kappa shape index (κ1) is 14.0. The Hall–Kier alpha value is -1.40. The third-order valence-corrected chi connectivity index (χ3v) is 3.36. The van der Waals surface area contributed by atoms with E-state index in [0.717, 1.165) is 29.1 Å². The van der Waals surface area contributed by atoms with Gasteiger partial charge in [-0.2, -0.15) is 5.10 Å². The van der Waals surface area contributed by atoms with Gasteiger partial charge in [-0.1, -0.05) is 13.0 Å². The highest BCUT2D eigenvalue weighted by Crippen LogP contribution is 2.26. The Morgan fingerprint density at radius 2 is 2.26 bits per heavy atom. The van der Waals surface area contributed by atoms with Gasteiger partial charge < -0.3 is 10.1 Å². The predicted octanol–water partition coefficient (Wildman–Crippen LogP) is 2.27. The minimum atomic E-state index is 0.404. The second-order valence-corrected chi connectivity index (χ2v) is 4.99. The van der Waals surface area contributed by atoms with Crippen LogP contribution in [0.2, 0.25) is 0 Å². The van der Waals surface area contributed by atoms with Gasteiger partial charge in [-0.15, -0.1) is 0 Å². The summed E-state index contributed by atoms with van der Waals surface area (Å²) >= 11 is 3.53. The van der Waals surface area contributed by atoms with E-state index in [1.807, 2.05) is 13.1 Å². The van der Waals surface area contributed by atoms with Crippen LogP contribution in [0.1, 0.15) is 18.3 Å². The number of ether oxygens (including phenoxy) is 1. The topological polar surface area (TPSA) is 52.0 Å². The molecule has 1 heterocycles. The summed E-state index contributed by atoms with van der Waals surface area (Å²) in [6.07, 6.45) is 1.52. The van der Waals surface area contributed by atoms with Gasteiger partial charge in [0.05, 0.1) is 4.47 Å². The van der Waals surface area contributed by atoms with Crippen molar-refractivity contribution >= 4 is 15.9 Å². The number of nitrogens with zero attached hydrogens (tertiary/aromatic N) is 3. The number of rotatable bonds is 6. The Kier molecular flexibility index (Phi) is 4.93. The lowest BCUT2D eigenvalue weighted by atomic mass is 10.2. The van der Waals surface area contributed by atoms with Crippen LogP contribution in [0.3, 0.4) is 0 Å². The summed E-state index contributed by atoms with van der Waals surface area (Å²) in [6.45, 7) is 4.32. The molecule has 102 valence electrons. The van der Waals surface area contributed by atoms with E-state index in [2.05, 4.69) is 50.4 Å². The van der Waals surface area contributed by atoms with Crippen LogP contribution in [0.25, 0.3) is 0 Å². The normalized spacial score (nSPS) is 10.7. The Morgan fingerprint density at radius 3 is 2.89 bits per heavy atom. The standard InChI is InChI=1S/C13H17BrN4O/c1-3-15-7-10-4-5-12(11(14)6-10)19-8-13-16-9-17-18(13)2/h4-6,9,15H,3,7-8H2,1-2H3. The van der Waals surface area contributed by atoms with Gasteiger partial charge in [-0.05, 0) is 40.2 Å². The van der Waals surface area contributed by atoms with E-state index < -0.39 is 0 Å². The van der Waals surface area contributed by atoms with Gasteiger partial charge in [0, 0.05) is 13.6 Å². The number of hydrogen-bond donors (Lipinski definition) is 1. The van der Waals surface area contributed by atoms with Crippen LogP contribution in [0.5, 0.6) is 5.75 Å². The largest absolute Gasteiger partial charge is 0.484 e. The molecule has 2 rings (SSSR count). The first-order chi connectivity index (χ1) is 9.20. The molecule has 0 aliphatic rings. The first-order valence-corrected chi connectivity index (χ1v) is 6.94. The maximum Gasteiger partial charge on any atom is 0.164 e. The lowest BCUT2D eigenvalue weighted by Gasteiger charge is -2.09. The molecule has 0 fully saturated rings. The molecule has 0 unspecified atom stereocenters. The van der Waals surface area contributed by atoms with Gasteiger partial charge in [-0.25, -0.2) is 4.98 Å². The van der Waals surface area contributed by atoms with Crippen LogP contribution < -0.4 is 10.1 Å². The smallest absolute Gasteiger partial charge is 0.164 e. The number of halogens is 1. The van der Waals surface area contributed by atoms with Gasteiger partial charge in [0.2, 0.25) is 0 Å². The summed E-state index contributed by atoms with van der Waals surface area (Å²) in [4.78, 5) is 4.12. The molecular weight excluding hydrogens is 308 g/mol. The van der Waals surface area contributed by atoms with E-state index in [4.69, 9.17) is 4.74 Å². The van der Waals surface area contributed by atoms with E-state index in [-0.39, 0.29) is 0 Å². The average Bonchev–Trinajstić information content (AvgIpc) is 2.81. The Labute approximate surface area is 121 Å². The van der Waals surface area contributed by atoms with Gasteiger partial charge >= 0.3 is 0 Å². The van der Waals surface area contributed by atoms with Crippen molar-refractivity contribution in [3.8, 4) is 5.75 Å².